The first-order chi connectivity index (χ1) is 24.3. The summed E-state index contributed by atoms with van der Waals surface area (Å²) in [5.74, 6) is 1.85. The molecule has 230 valence electrons. The maximum atomic E-state index is 5.34. The number of fused-ring (bicyclic) bond motifs is 3. The van der Waals surface area contributed by atoms with Gasteiger partial charge in [0, 0.05) is 33.0 Å². The first-order valence-electron chi connectivity index (χ1n) is 16.3. The van der Waals surface area contributed by atoms with Crippen LogP contribution in [0.25, 0.3) is 84.2 Å². The zero-order valence-corrected chi connectivity index (χ0v) is 26.5. The van der Waals surface area contributed by atoms with E-state index < -0.39 is 0 Å². The number of nitrogens with zero attached hydrogens (tertiary/aromatic N) is 5. The lowest BCUT2D eigenvalue weighted by Crippen LogP contribution is -2.04. The van der Waals surface area contributed by atoms with Crippen LogP contribution in [0.2, 0.25) is 0 Å². The Morgan fingerprint density at radius 2 is 0.837 bits per heavy atom. The van der Waals surface area contributed by atoms with Crippen LogP contribution in [0.5, 0.6) is 0 Å². The summed E-state index contributed by atoms with van der Waals surface area (Å²) in [6.45, 7) is 0. The number of benzene rings is 6. The minimum atomic E-state index is 0.599. The molecule has 9 rings (SSSR count). The molecule has 6 aromatic carbocycles. The van der Waals surface area contributed by atoms with E-state index in [4.69, 9.17) is 19.9 Å². The van der Waals surface area contributed by atoms with E-state index in [1.807, 2.05) is 72.8 Å². The predicted molar refractivity (Wildman–Crippen MR) is 199 cm³/mol. The van der Waals surface area contributed by atoms with Gasteiger partial charge in [0.05, 0.1) is 16.9 Å². The minimum Gasteiger partial charge on any atom is -0.293 e. The summed E-state index contributed by atoms with van der Waals surface area (Å²) in [7, 11) is 0. The van der Waals surface area contributed by atoms with Gasteiger partial charge in [-0.2, -0.15) is 0 Å². The van der Waals surface area contributed by atoms with Gasteiger partial charge in [0.1, 0.15) is 5.65 Å². The molecule has 0 aliphatic rings. The monoisotopic (exact) mass is 627 g/mol. The van der Waals surface area contributed by atoms with E-state index in [9.17, 15) is 0 Å². The van der Waals surface area contributed by atoms with E-state index in [2.05, 4.69) is 108 Å². The zero-order chi connectivity index (χ0) is 32.6. The Hall–Kier alpha value is -6.72. The van der Waals surface area contributed by atoms with E-state index in [0.717, 1.165) is 55.6 Å². The van der Waals surface area contributed by atoms with Crippen molar-refractivity contribution in [2.24, 2.45) is 0 Å². The molecule has 5 heteroatoms. The van der Waals surface area contributed by atoms with Crippen LogP contribution in [-0.4, -0.2) is 24.5 Å². The van der Waals surface area contributed by atoms with E-state index in [-0.39, 0.29) is 0 Å². The van der Waals surface area contributed by atoms with Crippen molar-refractivity contribution in [2.45, 2.75) is 0 Å². The summed E-state index contributed by atoms with van der Waals surface area (Å²) in [6.07, 6.45) is 0. The first kappa shape index (κ1) is 28.5. The van der Waals surface area contributed by atoms with Crippen molar-refractivity contribution < 1.29 is 0 Å². The Morgan fingerprint density at radius 3 is 1.51 bits per heavy atom. The third kappa shape index (κ3) is 5.24. The second-order valence-corrected chi connectivity index (χ2v) is 11.9. The highest BCUT2D eigenvalue weighted by molar-refractivity contribution is 6.08. The SMILES string of the molecule is c1ccc(-c2ccc(-c3ccc4c5ccccc5n(-c5ccccc5-c5nc(-c6ccccc6)nc(-c6ccccc6)n5)c4n3)cc2)cc1. The van der Waals surface area contributed by atoms with Crippen LogP contribution in [0.15, 0.2) is 176 Å². The number of pyridine rings is 1. The van der Waals surface area contributed by atoms with Crippen LogP contribution in [0, 0.1) is 0 Å². The van der Waals surface area contributed by atoms with Crippen LogP contribution >= 0.6 is 0 Å². The quantitative estimate of drug-likeness (QED) is 0.184. The Labute approximate surface area is 283 Å². The van der Waals surface area contributed by atoms with Gasteiger partial charge >= 0.3 is 0 Å². The molecular formula is C44H29N5. The van der Waals surface area contributed by atoms with Gasteiger partial charge < -0.3 is 0 Å². The Balaban J connectivity index is 1.24. The van der Waals surface area contributed by atoms with Gasteiger partial charge in [0.15, 0.2) is 17.5 Å². The minimum absolute atomic E-state index is 0.599. The van der Waals surface area contributed by atoms with Crippen LogP contribution in [0.1, 0.15) is 0 Å². The standard InChI is InChI=1S/C44H29N5/c1-4-14-30(15-5-1)31-24-26-32(27-25-31)38-29-28-36-35-20-10-12-22-39(35)49(44(36)45-38)40-23-13-11-21-37(40)43-47-41(33-16-6-2-7-17-33)46-42(48-43)34-18-8-3-9-19-34/h1-29H. The molecule has 49 heavy (non-hydrogen) atoms. The molecule has 5 nitrogen and oxygen atoms in total. The number of aromatic nitrogens is 5. The number of para-hydroxylation sites is 2. The molecular weight excluding hydrogens is 599 g/mol. The third-order valence-electron chi connectivity index (χ3n) is 8.90. The van der Waals surface area contributed by atoms with Crippen molar-refractivity contribution in [3.63, 3.8) is 0 Å². The second kappa shape index (κ2) is 12.1. The summed E-state index contributed by atoms with van der Waals surface area (Å²) in [5.41, 5.74) is 9.98. The van der Waals surface area contributed by atoms with Crippen molar-refractivity contribution in [2.75, 3.05) is 0 Å². The van der Waals surface area contributed by atoms with Gasteiger partial charge in [0.25, 0.3) is 0 Å². The third-order valence-corrected chi connectivity index (χ3v) is 8.90. The first-order valence-corrected chi connectivity index (χ1v) is 16.3. The predicted octanol–water partition coefficient (Wildman–Crippen LogP) is 10.7. The lowest BCUT2D eigenvalue weighted by atomic mass is 10.0. The zero-order valence-electron chi connectivity index (χ0n) is 26.5. The molecule has 0 saturated heterocycles. The van der Waals surface area contributed by atoms with Crippen molar-refractivity contribution in [1.29, 1.82) is 0 Å². The van der Waals surface area contributed by atoms with E-state index >= 15 is 0 Å². The largest absolute Gasteiger partial charge is 0.293 e. The highest BCUT2D eigenvalue weighted by Gasteiger charge is 2.20. The summed E-state index contributed by atoms with van der Waals surface area (Å²) in [5, 5.41) is 2.22. The number of hydrogen-bond donors (Lipinski definition) is 0. The number of rotatable bonds is 6. The van der Waals surface area contributed by atoms with E-state index in [0.29, 0.717) is 17.5 Å². The molecule has 0 fully saturated rings. The maximum Gasteiger partial charge on any atom is 0.166 e. The van der Waals surface area contributed by atoms with Crippen molar-refractivity contribution in [1.82, 2.24) is 24.5 Å². The van der Waals surface area contributed by atoms with Gasteiger partial charge in [-0.1, -0.05) is 146 Å². The highest BCUT2D eigenvalue weighted by Crippen LogP contribution is 2.37. The average molecular weight is 628 g/mol. The fourth-order valence-corrected chi connectivity index (χ4v) is 6.49. The average Bonchev–Trinajstić information content (AvgIpc) is 3.52. The van der Waals surface area contributed by atoms with Crippen molar-refractivity contribution in [3.05, 3.63) is 176 Å². The topological polar surface area (TPSA) is 56.5 Å². The van der Waals surface area contributed by atoms with Crippen LogP contribution in [0.4, 0.5) is 0 Å². The van der Waals surface area contributed by atoms with E-state index in [1.165, 1.54) is 11.1 Å². The molecule has 0 spiro atoms. The normalized spacial score (nSPS) is 11.3. The molecule has 0 N–H and O–H groups in total. The Kier molecular flexibility index (Phi) is 7.06. The Morgan fingerprint density at radius 1 is 0.327 bits per heavy atom. The molecule has 0 amide bonds. The molecule has 9 aromatic rings. The van der Waals surface area contributed by atoms with Crippen LogP contribution < -0.4 is 0 Å². The molecule has 0 atom stereocenters. The molecule has 0 unspecified atom stereocenters. The summed E-state index contributed by atoms with van der Waals surface area (Å²) in [6, 6.07) is 60.3. The van der Waals surface area contributed by atoms with Crippen molar-refractivity contribution >= 4 is 21.9 Å². The second-order valence-electron chi connectivity index (χ2n) is 11.9. The molecule has 3 aromatic heterocycles. The fourth-order valence-electron chi connectivity index (χ4n) is 6.49. The van der Waals surface area contributed by atoms with Crippen molar-refractivity contribution in [3.8, 4) is 62.2 Å². The van der Waals surface area contributed by atoms with Gasteiger partial charge in [-0.15, -0.1) is 0 Å². The molecule has 0 saturated carbocycles. The van der Waals surface area contributed by atoms with Gasteiger partial charge in [-0.3, -0.25) is 4.57 Å². The lowest BCUT2D eigenvalue weighted by Gasteiger charge is -2.14. The Bertz CT molecular complexity index is 2520. The van der Waals surface area contributed by atoms with Gasteiger partial charge in [-0.25, -0.2) is 19.9 Å². The molecule has 0 radical (unpaired) electrons. The summed E-state index contributed by atoms with van der Waals surface area (Å²) < 4.78 is 2.25. The number of hydrogen-bond acceptors (Lipinski definition) is 4. The van der Waals surface area contributed by atoms with E-state index in [1.54, 1.807) is 0 Å². The maximum absolute atomic E-state index is 5.34. The summed E-state index contributed by atoms with van der Waals surface area (Å²) in [4.78, 5) is 20.4. The molecule has 3 heterocycles. The van der Waals surface area contributed by atoms with Gasteiger partial charge in [0.2, 0.25) is 0 Å². The summed E-state index contributed by atoms with van der Waals surface area (Å²) >= 11 is 0. The molecule has 0 bridgehead atoms. The van der Waals surface area contributed by atoms with Gasteiger partial charge in [-0.05, 0) is 41.5 Å². The smallest absolute Gasteiger partial charge is 0.166 e. The van der Waals surface area contributed by atoms with Crippen LogP contribution in [-0.2, 0) is 0 Å². The van der Waals surface area contributed by atoms with Crippen LogP contribution in [0.3, 0.4) is 0 Å². The lowest BCUT2D eigenvalue weighted by molar-refractivity contribution is 1.06. The molecule has 0 aliphatic carbocycles. The highest BCUT2D eigenvalue weighted by atomic mass is 15.1. The fraction of sp³-hybridized carbons (Fsp3) is 0. The molecule has 0 aliphatic heterocycles.